The van der Waals surface area contributed by atoms with Crippen molar-refractivity contribution in [3.8, 4) is 5.69 Å². The van der Waals surface area contributed by atoms with E-state index in [0.717, 1.165) is 30.0 Å². The maximum Gasteiger partial charge on any atom is 0.207 e. The first kappa shape index (κ1) is 11.7. The molecule has 0 aliphatic carbocycles. The molecule has 0 saturated heterocycles. The summed E-state index contributed by atoms with van der Waals surface area (Å²) in [6.45, 7) is 3.06. The third-order valence-corrected chi connectivity index (χ3v) is 3.09. The summed E-state index contributed by atoms with van der Waals surface area (Å²) >= 11 is 0. The van der Waals surface area contributed by atoms with Gasteiger partial charge in [0.25, 0.3) is 0 Å². The van der Waals surface area contributed by atoms with Gasteiger partial charge in [0.2, 0.25) is 5.95 Å². The molecule has 2 heterocycles. The van der Waals surface area contributed by atoms with E-state index < -0.39 is 0 Å². The Hall–Kier alpha value is -2.36. The van der Waals surface area contributed by atoms with Gasteiger partial charge in [0.05, 0.1) is 5.69 Å². The molecule has 1 N–H and O–H groups in total. The Balaban J connectivity index is 2.12. The molecule has 0 aliphatic heterocycles. The van der Waals surface area contributed by atoms with Crippen LogP contribution in [0.3, 0.4) is 0 Å². The number of rotatable bonds is 4. The first-order valence-electron chi connectivity index (χ1n) is 6.50. The summed E-state index contributed by atoms with van der Waals surface area (Å²) in [6.07, 6.45) is 8.57. The topological polar surface area (TPSA) is 42.7 Å². The molecule has 0 saturated carbocycles. The molecule has 2 aromatic heterocycles. The van der Waals surface area contributed by atoms with E-state index in [4.69, 9.17) is 0 Å². The van der Waals surface area contributed by atoms with Crippen LogP contribution < -0.4 is 5.32 Å². The maximum absolute atomic E-state index is 4.37. The van der Waals surface area contributed by atoms with E-state index in [1.807, 2.05) is 30.9 Å². The molecule has 0 fully saturated rings. The molecule has 0 bridgehead atoms. The average molecular weight is 252 g/mol. The van der Waals surface area contributed by atoms with Crippen LogP contribution in [-0.4, -0.2) is 21.1 Å². The largest absolute Gasteiger partial charge is 0.355 e. The Bertz CT molecular complexity index is 682. The highest BCUT2D eigenvalue weighted by Crippen LogP contribution is 2.23. The summed E-state index contributed by atoms with van der Waals surface area (Å²) in [7, 11) is 0. The monoisotopic (exact) mass is 252 g/mol. The molecule has 0 amide bonds. The Labute approximate surface area is 112 Å². The number of nitrogens with zero attached hydrogens (tertiary/aromatic N) is 3. The third kappa shape index (κ3) is 2.17. The summed E-state index contributed by atoms with van der Waals surface area (Å²) in [6, 6.07) is 8.26. The smallest absolute Gasteiger partial charge is 0.207 e. The van der Waals surface area contributed by atoms with Gasteiger partial charge < -0.3 is 5.32 Å². The van der Waals surface area contributed by atoms with E-state index in [2.05, 4.69) is 45.0 Å². The molecule has 0 spiro atoms. The lowest BCUT2D eigenvalue weighted by Crippen LogP contribution is -2.07. The number of fused-ring (bicyclic) bond motifs is 1. The summed E-state index contributed by atoms with van der Waals surface area (Å²) in [5, 5.41) is 5.65. The van der Waals surface area contributed by atoms with Crippen molar-refractivity contribution in [2.75, 3.05) is 11.9 Å². The van der Waals surface area contributed by atoms with Crippen LogP contribution in [0.5, 0.6) is 0 Å². The number of hydrogen-bond donors (Lipinski definition) is 1. The minimum atomic E-state index is 0.873. The molecule has 0 aliphatic rings. The van der Waals surface area contributed by atoms with Gasteiger partial charge >= 0.3 is 0 Å². The Morgan fingerprint density at radius 1 is 1.21 bits per heavy atom. The van der Waals surface area contributed by atoms with Crippen LogP contribution >= 0.6 is 0 Å². The van der Waals surface area contributed by atoms with Crippen molar-refractivity contribution in [2.45, 2.75) is 13.3 Å². The van der Waals surface area contributed by atoms with Gasteiger partial charge in [-0.15, -0.1) is 0 Å². The van der Waals surface area contributed by atoms with Crippen molar-refractivity contribution in [3.05, 3.63) is 49.1 Å². The van der Waals surface area contributed by atoms with E-state index in [1.54, 1.807) is 0 Å². The number of hydrogen-bond acceptors (Lipinski definition) is 3. The van der Waals surface area contributed by atoms with Crippen molar-refractivity contribution in [3.63, 3.8) is 0 Å². The first-order valence-corrected chi connectivity index (χ1v) is 6.50. The quantitative estimate of drug-likeness (QED) is 0.775. The standard InChI is InChI=1S/C15H16N4/c1-2-7-17-15-18-9-10-19(15)14-5-3-4-12-6-8-16-11-13(12)14/h3-6,8-11H,2,7H2,1H3,(H,17,18). The molecule has 0 atom stereocenters. The van der Waals surface area contributed by atoms with E-state index in [9.17, 15) is 0 Å². The molecule has 3 rings (SSSR count). The molecule has 1 aromatic carbocycles. The van der Waals surface area contributed by atoms with Crippen LogP contribution in [0.25, 0.3) is 16.5 Å². The van der Waals surface area contributed by atoms with Crippen molar-refractivity contribution >= 4 is 16.7 Å². The Morgan fingerprint density at radius 2 is 2.16 bits per heavy atom. The lowest BCUT2D eigenvalue weighted by Gasteiger charge is -2.11. The molecular formula is C15H16N4. The molecule has 0 radical (unpaired) electrons. The van der Waals surface area contributed by atoms with Gasteiger partial charge in [-0.3, -0.25) is 9.55 Å². The van der Waals surface area contributed by atoms with Crippen LogP contribution in [-0.2, 0) is 0 Å². The second-order valence-electron chi connectivity index (χ2n) is 4.42. The average Bonchev–Trinajstić information content (AvgIpc) is 2.92. The Kier molecular flexibility index (Phi) is 3.14. The second kappa shape index (κ2) is 5.10. The lowest BCUT2D eigenvalue weighted by atomic mass is 10.1. The number of benzene rings is 1. The van der Waals surface area contributed by atoms with Gasteiger partial charge in [-0.25, -0.2) is 4.98 Å². The number of nitrogens with one attached hydrogen (secondary N) is 1. The Morgan fingerprint density at radius 3 is 3.05 bits per heavy atom. The van der Waals surface area contributed by atoms with Crippen LogP contribution in [0.2, 0.25) is 0 Å². The zero-order valence-electron chi connectivity index (χ0n) is 10.9. The predicted molar refractivity (Wildman–Crippen MR) is 77.6 cm³/mol. The van der Waals surface area contributed by atoms with Crippen molar-refractivity contribution in [1.29, 1.82) is 0 Å². The van der Waals surface area contributed by atoms with Gasteiger partial charge in [0, 0.05) is 36.7 Å². The van der Waals surface area contributed by atoms with Gasteiger partial charge in [-0.1, -0.05) is 19.1 Å². The second-order valence-corrected chi connectivity index (χ2v) is 4.42. The molecule has 19 heavy (non-hydrogen) atoms. The summed E-state index contributed by atoms with van der Waals surface area (Å²) in [4.78, 5) is 8.59. The highest BCUT2D eigenvalue weighted by molar-refractivity contribution is 5.89. The van der Waals surface area contributed by atoms with Crippen molar-refractivity contribution in [1.82, 2.24) is 14.5 Å². The highest BCUT2D eigenvalue weighted by Gasteiger charge is 2.07. The predicted octanol–water partition coefficient (Wildman–Crippen LogP) is 3.24. The normalized spacial score (nSPS) is 10.8. The zero-order chi connectivity index (χ0) is 13.1. The number of pyridine rings is 1. The molecule has 4 nitrogen and oxygen atoms in total. The van der Waals surface area contributed by atoms with E-state index >= 15 is 0 Å². The summed E-state index contributed by atoms with van der Waals surface area (Å²) in [5.41, 5.74) is 1.10. The van der Waals surface area contributed by atoms with E-state index in [0.29, 0.717) is 0 Å². The van der Waals surface area contributed by atoms with Crippen LogP contribution in [0.1, 0.15) is 13.3 Å². The minimum Gasteiger partial charge on any atom is -0.355 e. The minimum absolute atomic E-state index is 0.873. The van der Waals surface area contributed by atoms with Gasteiger partial charge in [0.15, 0.2) is 0 Å². The van der Waals surface area contributed by atoms with E-state index in [-0.39, 0.29) is 0 Å². The van der Waals surface area contributed by atoms with Crippen LogP contribution in [0.4, 0.5) is 5.95 Å². The SMILES string of the molecule is CCCNc1nccn1-c1cccc2ccncc12. The van der Waals surface area contributed by atoms with Gasteiger partial charge in [-0.2, -0.15) is 0 Å². The van der Waals surface area contributed by atoms with Crippen LogP contribution in [0.15, 0.2) is 49.1 Å². The van der Waals surface area contributed by atoms with Crippen LogP contribution in [0, 0.1) is 0 Å². The number of aromatic nitrogens is 3. The summed E-state index contributed by atoms with van der Waals surface area (Å²) < 4.78 is 2.07. The number of imidazole rings is 1. The lowest BCUT2D eigenvalue weighted by molar-refractivity contribution is 0.939. The molecule has 4 heteroatoms. The van der Waals surface area contributed by atoms with Gasteiger partial charge in [0.1, 0.15) is 0 Å². The van der Waals surface area contributed by atoms with E-state index in [1.165, 1.54) is 5.39 Å². The zero-order valence-corrected chi connectivity index (χ0v) is 10.9. The fourth-order valence-electron chi connectivity index (χ4n) is 2.17. The van der Waals surface area contributed by atoms with Gasteiger partial charge in [-0.05, 0) is 23.9 Å². The third-order valence-electron chi connectivity index (χ3n) is 3.09. The maximum atomic E-state index is 4.37. The molecule has 96 valence electrons. The summed E-state index contributed by atoms with van der Waals surface area (Å²) in [5.74, 6) is 0.873. The molecular weight excluding hydrogens is 236 g/mol. The highest BCUT2D eigenvalue weighted by atomic mass is 15.2. The first-order chi connectivity index (χ1) is 9.40. The molecule has 0 unspecified atom stereocenters. The van der Waals surface area contributed by atoms with Crippen molar-refractivity contribution < 1.29 is 0 Å². The fourth-order valence-corrected chi connectivity index (χ4v) is 2.17. The molecule has 3 aromatic rings. The number of anilines is 1. The fraction of sp³-hybridized carbons (Fsp3) is 0.200. The van der Waals surface area contributed by atoms with Crippen molar-refractivity contribution in [2.24, 2.45) is 0 Å².